The number of fused-ring (bicyclic) bond motifs is 1. The number of hydrogen-bond acceptors (Lipinski definition) is 3. The van der Waals surface area contributed by atoms with Crippen LogP contribution >= 0.6 is 0 Å². The first kappa shape index (κ1) is 14.5. The lowest BCUT2D eigenvalue weighted by Crippen LogP contribution is -2.32. The minimum atomic E-state index is -0.0337. The smallest absolute Gasteiger partial charge is 0.253 e. The van der Waals surface area contributed by atoms with Crippen LogP contribution in [0.25, 0.3) is 0 Å². The molecule has 2 amide bonds. The molecule has 2 heterocycles. The zero-order chi connectivity index (χ0) is 15.8. The number of nitrogens with one attached hydrogen (secondary N) is 2. The second-order valence-electron chi connectivity index (χ2n) is 6.93. The van der Waals surface area contributed by atoms with Gasteiger partial charge in [-0.1, -0.05) is 12.1 Å². The molecule has 4 rings (SSSR count). The third-order valence-electron chi connectivity index (χ3n) is 5.10. The summed E-state index contributed by atoms with van der Waals surface area (Å²) in [6.07, 6.45) is 5.00. The van der Waals surface area contributed by atoms with Gasteiger partial charge >= 0.3 is 0 Å². The number of para-hydroxylation sites is 1. The van der Waals surface area contributed by atoms with Gasteiger partial charge in [0, 0.05) is 38.0 Å². The van der Waals surface area contributed by atoms with Crippen LogP contribution in [0.2, 0.25) is 0 Å². The van der Waals surface area contributed by atoms with E-state index < -0.39 is 0 Å². The van der Waals surface area contributed by atoms with Crippen LogP contribution in [0.5, 0.6) is 0 Å². The van der Waals surface area contributed by atoms with Crippen molar-refractivity contribution in [1.29, 1.82) is 0 Å². The third-order valence-corrected chi connectivity index (χ3v) is 5.10. The molecule has 0 spiro atoms. The summed E-state index contributed by atoms with van der Waals surface area (Å²) < 4.78 is 0. The second-order valence-corrected chi connectivity index (χ2v) is 6.93. The van der Waals surface area contributed by atoms with Gasteiger partial charge in [-0.2, -0.15) is 0 Å². The van der Waals surface area contributed by atoms with E-state index in [0.717, 1.165) is 50.0 Å². The Balaban J connectivity index is 1.38. The lowest BCUT2D eigenvalue weighted by atomic mass is 9.99. The molecule has 5 heteroatoms. The molecule has 2 aliphatic heterocycles. The molecule has 1 aromatic rings. The molecule has 1 saturated carbocycles. The van der Waals surface area contributed by atoms with E-state index in [0.29, 0.717) is 19.0 Å². The summed E-state index contributed by atoms with van der Waals surface area (Å²) >= 11 is 0. The minimum Gasteiger partial charge on any atom is -0.384 e. The van der Waals surface area contributed by atoms with Crippen LogP contribution in [-0.2, 0) is 11.2 Å². The monoisotopic (exact) mass is 313 g/mol. The van der Waals surface area contributed by atoms with Gasteiger partial charge in [-0.25, -0.2) is 0 Å². The number of anilines is 1. The van der Waals surface area contributed by atoms with Crippen molar-refractivity contribution < 1.29 is 9.59 Å². The van der Waals surface area contributed by atoms with E-state index in [4.69, 9.17) is 0 Å². The molecule has 2 N–H and O–H groups in total. The Morgan fingerprint density at radius 3 is 3.04 bits per heavy atom. The minimum absolute atomic E-state index is 0.0337. The maximum absolute atomic E-state index is 12.5. The van der Waals surface area contributed by atoms with E-state index >= 15 is 0 Å². The number of carbonyl (C=O) groups excluding carboxylic acids is 2. The predicted octanol–water partition coefficient (Wildman–Crippen LogP) is 1.79. The highest BCUT2D eigenvalue weighted by Gasteiger charge is 2.39. The summed E-state index contributed by atoms with van der Waals surface area (Å²) in [6, 6.07) is 6.40. The normalized spacial score (nSPS) is 23.4. The molecule has 0 bridgehead atoms. The highest BCUT2D eigenvalue weighted by molar-refractivity contribution is 6.00. The summed E-state index contributed by atoms with van der Waals surface area (Å²) in [5.41, 5.74) is 2.93. The lowest BCUT2D eigenvalue weighted by molar-refractivity contribution is -0.128. The van der Waals surface area contributed by atoms with Gasteiger partial charge in [0.15, 0.2) is 0 Å². The van der Waals surface area contributed by atoms with E-state index in [9.17, 15) is 9.59 Å². The second kappa shape index (κ2) is 5.87. The van der Waals surface area contributed by atoms with Crippen molar-refractivity contribution in [2.45, 2.75) is 38.1 Å². The lowest BCUT2D eigenvalue weighted by Gasteiger charge is -2.21. The largest absolute Gasteiger partial charge is 0.384 e. The van der Waals surface area contributed by atoms with E-state index in [1.165, 1.54) is 5.56 Å². The number of amides is 2. The third kappa shape index (κ3) is 2.92. The zero-order valence-corrected chi connectivity index (χ0v) is 13.3. The summed E-state index contributed by atoms with van der Waals surface area (Å²) in [5.74, 6) is 0.471. The topological polar surface area (TPSA) is 61.4 Å². The van der Waals surface area contributed by atoms with Crippen LogP contribution in [0.4, 0.5) is 5.69 Å². The molecule has 1 atom stereocenters. The molecular formula is C18H23N3O2. The molecule has 0 radical (unpaired) electrons. The van der Waals surface area contributed by atoms with Crippen molar-refractivity contribution in [3.8, 4) is 0 Å². The van der Waals surface area contributed by atoms with Crippen LogP contribution in [0.3, 0.4) is 0 Å². The average Bonchev–Trinajstić information content (AvgIpc) is 3.35. The molecule has 2 fully saturated rings. The summed E-state index contributed by atoms with van der Waals surface area (Å²) in [6.45, 7) is 2.30. The Labute approximate surface area is 136 Å². The highest BCUT2D eigenvalue weighted by Crippen LogP contribution is 2.32. The van der Waals surface area contributed by atoms with Crippen molar-refractivity contribution in [3.63, 3.8) is 0 Å². The van der Waals surface area contributed by atoms with Crippen LogP contribution in [0.15, 0.2) is 18.2 Å². The molecule has 23 heavy (non-hydrogen) atoms. The van der Waals surface area contributed by atoms with Gasteiger partial charge < -0.3 is 15.5 Å². The van der Waals surface area contributed by atoms with Crippen LogP contribution < -0.4 is 10.6 Å². The number of nitrogens with zero attached hydrogens (tertiary/aromatic N) is 1. The van der Waals surface area contributed by atoms with Crippen LogP contribution in [0.1, 0.15) is 41.6 Å². The molecular weight excluding hydrogens is 290 g/mol. The molecule has 5 nitrogen and oxygen atoms in total. The number of rotatable bonds is 4. The molecule has 1 aliphatic carbocycles. The Morgan fingerprint density at radius 2 is 2.22 bits per heavy atom. The van der Waals surface area contributed by atoms with E-state index in [1.54, 1.807) is 0 Å². The van der Waals surface area contributed by atoms with Gasteiger partial charge in [0.2, 0.25) is 5.91 Å². The zero-order valence-electron chi connectivity index (χ0n) is 13.3. The van der Waals surface area contributed by atoms with Gasteiger partial charge in [0.25, 0.3) is 5.91 Å². The van der Waals surface area contributed by atoms with Gasteiger partial charge in [-0.3, -0.25) is 9.59 Å². The van der Waals surface area contributed by atoms with Crippen molar-refractivity contribution in [2.24, 2.45) is 5.92 Å². The first-order chi connectivity index (χ1) is 11.2. The first-order valence-corrected chi connectivity index (χ1v) is 8.66. The predicted molar refractivity (Wildman–Crippen MR) is 88.4 cm³/mol. The van der Waals surface area contributed by atoms with E-state index in [1.807, 2.05) is 17.0 Å². The van der Waals surface area contributed by atoms with Gasteiger partial charge in [-0.15, -0.1) is 0 Å². The first-order valence-electron chi connectivity index (χ1n) is 8.66. The molecule has 122 valence electrons. The Bertz CT molecular complexity index is 639. The van der Waals surface area contributed by atoms with E-state index in [2.05, 4.69) is 16.7 Å². The summed E-state index contributed by atoms with van der Waals surface area (Å²) in [7, 11) is 0. The fraction of sp³-hybridized carbons (Fsp3) is 0.556. The number of aryl methyl sites for hydroxylation is 1. The van der Waals surface area contributed by atoms with Crippen molar-refractivity contribution in [3.05, 3.63) is 29.3 Å². The number of benzene rings is 1. The fourth-order valence-electron chi connectivity index (χ4n) is 3.72. The molecule has 0 unspecified atom stereocenters. The molecule has 1 aromatic carbocycles. The van der Waals surface area contributed by atoms with Gasteiger partial charge in [0.05, 0.1) is 11.3 Å². The van der Waals surface area contributed by atoms with Gasteiger partial charge in [0.1, 0.15) is 0 Å². The van der Waals surface area contributed by atoms with Crippen LogP contribution in [0, 0.1) is 5.92 Å². The molecule has 3 aliphatic rings. The van der Waals surface area contributed by atoms with Gasteiger partial charge in [-0.05, 0) is 37.3 Å². The fourth-order valence-corrected chi connectivity index (χ4v) is 3.72. The Hall–Kier alpha value is -2.04. The standard InChI is InChI=1S/C18H23N3O2/c22-16-9-12(11-21(16)14-6-7-14)10-20-18(23)15-5-1-3-13-4-2-8-19-17(13)15/h1,3,5,12,14,19H,2,4,6-11H2,(H,20,23)/t12-/m0/s1. The highest BCUT2D eigenvalue weighted by atomic mass is 16.2. The summed E-state index contributed by atoms with van der Waals surface area (Å²) in [5, 5.41) is 6.39. The van der Waals surface area contributed by atoms with Crippen LogP contribution in [-0.4, -0.2) is 42.4 Å². The summed E-state index contributed by atoms with van der Waals surface area (Å²) in [4.78, 5) is 26.5. The maximum atomic E-state index is 12.5. The number of hydrogen-bond donors (Lipinski definition) is 2. The average molecular weight is 313 g/mol. The van der Waals surface area contributed by atoms with Crippen molar-refractivity contribution >= 4 is 17.5 Å². The number of likely N-dealkylation sites (tertiary alicyclic amines) is 1. The van der Waals surface area contributed by atoms with Crippen molar-refractivity contribution in [2.75, 3.05) is 25.0 Å². The maximum Gasteiger partial charge on any atom is 0.253 e. The van der Waals surface area contributed by atoms with Crippen molar-refractivity contribution in [1.82, 2.24) is 10.2 Å². The molecule has 0 aromatic heterocycles. The Morgan fingerprint density at radius 1 is 1.35 bits per heavy atom. The Kier molecular flexibility index (Phi) is 3.71. The number of carbonyl (C=O) groups is 2. The SMILES string of the molecule is O=C(NC[C@@H]1CC(=O)N(C2CC2)C1)c1cccc2c1NCCC2. The van der Waals surface area contributed by atoms with E-state index in [-0.39, 0.29) is 17.7 Å². The quantitative estimate of drug-likeness (QED) is 0.891. The molecule has 1 saturated heterocycles.